The summed E-state index contributed by atoms with van der Waals surface area (Å²) in [4.78, 5) is 16.4. The zero-order valence-electron chi connectivity index (χ0n) is 12.8. The van der Waals surface area contributed by atoms with Crippen LogP contribution in [0, 0.1) is 5.92 Å². The Morgan fingerprint density at radius 2 is 2.10 bits per heavy atom. The number of carbonyl (C=O) groups excluding carboxylic acids is 1. The smallest absolute Gasteiger partial charge is 0.167 e. The zero-order chi connectivity index (χ0) is 15.0. The number of nitrogens with two attached hydrogens (primary N) is 1. The summed E-state index contributed by atoms with van der Waals surface area (Å²) < 4.78 is 5.51. The van der Waals surface area contributed by atoms with Crippen LogP contribution in [0.3, 0.4) is 0 Å². The van der Waals surface area contributed by atoms with E-state index in [-0.39, 0.29) is 17.7 Å². The van der Waals surface area contributed by atoms with Gasteiger partial charge in [0, 0.05) is 23.7 Å². The molecule has 0 aliphatic rings. The van der Waals surface area contributed by atoms with Gasteiger partial charge in [0.15, 0.2) is 5.78 Å². The van der Waals surface area contributed by atoms with Crippen molar-refractivity contribution in [2.24, 2.45) is 11.7 Å². The highest BCUT2D eigenvalue weighted by Gasteiger charge is 2.16. The summed E-state index contributed by atoms with van der Waals surface area (Å²) in [5.74, 6) is 0.793. The molecule has 2 atom stereocenters. The van der Waals surface area contributed by atoms with E-state index in [4.69, 9.17) is 10.5 Å². The molecule has 2 N–H and O–H groups in total. The second kappa shape index (κ2) is 8.69. The van der Waals surface area contributed by atoms with Crippen LogP contribution in [0.15, 0.2) is 18.5 Å². The van der Waals surface area contributed by atoms with Crippen LogP contribution >= 0.6 is 0 Å². The Hall–Kier alpha value is -1.42. The Kier molecular flexibility index (Phi) is 7.23. The fourth-order valence-electron chi connectivity index (χ4n) is 2.01. The van der Waals surface area contributed by atoms with E-state index in [9.17, 15) is 4.79 Å². The number of hydrogen-bond acceptors (Lipinski definition) is 4. The molecule has 1 rings (SSSR count). The molecule has 0 aromatic carbocycles. The van der Waals surface area contributed by atoms with Gasteiger partial charge in [0.05, 0.1) is 12.8 Å². The number of ether oxygens (including phenoxy) is 1. The third-order valence-corrected chi connectivity index (χ3v) is 3.21. The lowest BCUT2D eigenvalue weighted by atomic mass is 9.94. The van der Waals surface area contributed by atoms with Gasteiger partial charge < -0.3 is 10.5 Å². The van der Waals surface area contributed by atoms with Crippen molar-refractivity contribution < 1.29 is 9.53 Å². The molecular formula is C16H26N2O2. The molecule has 0 saturated carbocycles. The number of Topliss-reactive ketones (excluding diaryl/α,β-unsaturated/α-hetero) is 1. The van der Waals surface area contributed by atoms with Gasteiger partial charge in [-0.3, -0.25) is 9.78 Å². The predicted octanol–water partition coefficient (Wildman–Crippen LogP) is 3.21. The topological polar surface area (TPSA) is 65.2 Å². The third kappa shape index (κ3) is 5.70. The molecule has 0 amide bonds. The Morgan fingerprint density at radius 3 is 2.75 bits per heavy atom. The number of pyridine rings is 1. The summed E-state index contributed by atoms with van der Waals surface area (Å²) in [6.45, 7) is 6.64. The lowest BCUT2D eigenvalue weighted by Crippen LogP contribution is -2.16. The molecule has 0 aliphatic heterocycles. The summed E-state index contributed by atoms with van der Waals surface area (Å²) in [5, 5.41) is 0. The zero-order valence-corrected chi connectivity index (χ0v) is 12.8. The SMILES string of the molecule is CCCOc1cncc(C(=O)C(C)CCCC(C)N)c1. The maximum Gasteiger partial charge on any atom is 0.167 e. The van der Waals surface area contributed by atoms with Crippen LogP contribution in [-0.4, -0.2) is 23.4 Å². The minimum Gasteiger partial charge on any atom is -0.492 e. The van der Waals surface area contributed by atoms with Gasteiger partial charge in [-0.15, -0.1) is 0 Å². The van der Waals surface area contributed by atoms with Crippen molar-refractivity contribution in [1.82, 2.24) is 4.98 Å². The molecule has 0 saturated heterocycles. The van der Waals surface area contributed by atoms with Gasteiger partial charge in [-0.25, -0.2) is 0 Å². The van der Waals surface area contributed by atoms with Crippen LogP contribution in [0.5, 0.6) is 5.75 Å². The van der Waals surface area contributed by atoms with E-state index >= 15 is 0 Å². The minimum atomic E-state index is -0.00280. The molecule has 1 heterocycles. The van der Waals surface area contributed by atoms with Gasteiger partial charge in [0.25, 0.3) is 0 Å². The fraction of sp³-hybridized carbons (Fsp3) is 0.625. The van der Waals surface area contributed by atoms with Crippen LogP contribution < -0.4 is 10.5 Å². The molecule has 20 heavy (non-hydrogen) atoms. The summed E-state index contributed by atoms with van der Waals surface area (Å²) >= 11 is 0. The van der Waals surface area contributed by atoms with E-state index in [1.54, 1.807) is 18.5 Å². The Balaban J connectivity index is 2.57. The van der Waals surface area contributed by atoms with Crippen molar-refractivity contribution in [3.8, 4) is 5.75 Å². The van der Waals surface area contributed by atoms with E-state index < -0.39 is 0 Å². The lowest BCUT2D eigenvalue weighted by Gasteiger charge is -2.12. The molecule has 112 valence electrons. The maximum atomic E-state index is 12.3. The first kappa shape index (κ1) is 16.6. The van der Waals surface area contributed by atoms with Gasteiger partial charge >= 0.3 is 0 Å². The van der Waals surface area contributed by atoms with Crippen LogP contribution in [0.1, 0.15) is 56.8 Å². The quantitative estimate of drug-likeness (QED) is 0.704. The van der Waals surface area contributed by atoms with Crippen LogP contribution in [0.25, 0.3) is 0 Å². The molecule has 0 radical (unpaired) electrons. The van der Waals surface area contributed by atoms with Crippen molar-refractivity contribution in [2.45, 2.75) is 52.5 Å². The van der Waals surface area contributed by atoms with Crippen molar-refractivity contribution in [1.29, 1.82) is 0 Å². The van der Waals surface area contributed by atoms with Crippen molar-refractivity contribution in [3.63, 3.8) is 0 Å². The highest BCUT2D eigenvalue weighted by atomic mass is 16.5. The summed E-state index contributed by atoms with van der Waals surface area (Å²) in [6.07, 6.45) is 6.99. The molecule has 1 aromatic rings. The predicted molar refractivity (Wildman–Crippen MR) is 81.0 cm³/mol. The normalized spacial score (nSPS) is 13.8. The summed E-state index contributed by atoms with van der Waals surface area (Å²) in [5.41, 5.74) is 6.35. The average Bonchev–Trinajstić information content (AvgIpc) is 2.44. The molecular weight excluding hydrogens is 252 g/mol. The summed E-state index contributed by atoms with van der Waals surface area (Å²) in [6, 6.07) is 1.98. The van der Waals surface area contributed by atoms with Crippen LogP contribution in [0.4, 0.5) is 0 Å². The molecule has 4 heteroatoms. The van der Waals surface area contributed by atoms with E-state index in [0.717, 1.165) is 25.7 Å². The highest BCUT2D eigenvalue weighted by molar-refractivity contribution is 5.97. The van der Waals surface area contributed by atoms with E-state index in [2.05, 4.69) is 4.98 Å². The van der Waals surface area contributed by atoms with E-state index in [1.165, 1.54) is 0 Å². The average molecular weight is 278 g/mol. The van der Waals surface area contributed by atoms with Crippen molar-refractivity contribution in [2.75, 3.05) is 6.61 Å². The van der Waals surface area contributed by atoms with Crippen LogP contribution in [0.2, 0.25) is 0 Å². The maximum absolute atomic E-state index is 12.3. The van der Waals surface area contributed by atoms with E-state index in [0.29, 0.717) is 17.9 Å². The fourth-order valence-corrected chi connectivity index (χ4v) is 2.01. The van der Waals surface area contributed by atoms with Crippen molar-refractivity contribution >= 4 is 5.78 Å². The second-order valence-electron chi connectivity index (χ2n) is 5.43. The number of hydrogen-bond donors (Lipinski definition) is 1. The van der Waals surface area contributed by atoms with Crippen molar-refractivity contribution in [3.05, 3.63) is 24.0 Å². The Labute approximate surface area is 121 Å². The van der Waals surface area contributed by atoms with Gasteiger partial charge in [-0.1, -0.05) is 20.3 Å². The Morgan fingerprint density at radius 1 is 1.35 bits per heavy atom. The molecule has 0 spiro atoms. The molecule has 4 nitrogen and oxygen atoms in total. The first-order valence-electron chi connectivity index (χ1n) is 7.42. The van der Waals surface area contributed by atoms with Gasteiger partial charge in [-0.2, -0.15) is 0 Å². The monoisotopic (exact) mass is 278 g/mol. The molecule has 2 unspecified atom stereocenters. The third-order valence-electron chi connectivity index (χ3n) is 3.21. The van der Waals surface area contributed by atoms with Gasteiger partial charge in [-0.05, 0) is 32.3 Å². The molecule has 0 fully saturated rings. The number of aromatic nitrogens is 1. The molecule has 0 bridgehead atoms. The van der Waals surface area contributed by atoms with Crippen LogP contribution in [-0.2, 0) is 0 Å². The molecule has 1 aromatic heterocycles. The van der Waals surface area contributed by atoms with Gasteiger partial charge in [0.2, 0.25) is 0 Å². The first-order chi connectivity index (χ1) is 9.54. The lowest BCUT2D eigenvalue weighted by molar-refractivity contribution is 0.0921. The largest absolute Gasteiger partial charge is 0.492 e. The van der Waals surface area contributed by atoms with Gasteiger partial charge in [0.1, 0.15) is 5.75 Å². The highest BCUT2D eigenvalue weighted by Crippen LogP contribution is 2.18. The first-order valence-corrected chi connectivity index (χ1v) is 7.42. The second-order valence-corrected chi connectivity index (χ2v) is 5.43. The van der Waals surface area contributed by atoms with E-state index in [1.807, 2.05) is 20.8 Å². The number of ketones is 1. The molecule has 0 aliphatic carbocycles. The number of nitrogens with zero attached hydrogens (tertiary/aromatic N) is 1. The number of rotatable bonds is 9. The minimum absolute atomic E-state index is 0.00280. The Bertz CT molecular complexity index is 419. The summed E-state index contributed by atoms with van der Waals surface area (Å²) in [7, 11) is 0. The number of carbonyl (C=O) groups is 1. The standard InChI is InChI=1S/C16H26N2O2/c1-4-8-20-15-9-14(10-18-11-15)16(19)12(2)6-5-7-13(3)17/h9-13H,4-8,17H2,1-3H3.